The normalized spacial score (nSPS) is 11.0. The van der Waals surface area contributed by atoms with E-state index in [4.69, 9.17) is 18.3 Å². The lowest BCUT2D eigenvalue weighted by Crippen LogP contribution is -2.17. The summed E-state index contributed by atoms with van der Waals surface area (Å²) in [7, 11) is 0. The van der Waals surface area contributed by atoms with Gasteiger partial charge in [-0.3, -0.25) is 9.59 Å². The van der Waals surface area contributed by atoms with Crippen LogP contribution in [0.5, 0.6) is 11.5 Å². The van der Waals surface area contributed by atoms with Crippen LogP contribution >= 0.6 is 0 Å². The molecular weight excluding hydrogens is 420 g/mol. The fourth-order valence-electron chi connectivity index (χ4n) is 3.88. The Morgan fingerprint density at radius 2 is 1.70 bits per heavy atom. The van der Waals surface area contributed by atoms with E-state index in [1.165, 1.54) is 6.26 Å². The van der Waals surface area contributed by atoms with Gasteiger partial charge in [-0.25, -0.2) is 0 Å². The standard InChI is InChI=1S/C27H26O6/c1-16-11-17(2)14-20(13-16)30-9-6-8-23(28)32-27-24(29)21-15-18(3)12-19(4)25(21)33-26(27)22-7-5-10-31-22/h5,7,10-15H,6,8-9H2,1-4H3. The van der Waals surface area contributed by atoms with Crippen LogP contribution in [0.2, 0.25) is 0 Å². The number of fused-ring (bicyclic) bond motifs is 1. The molecule has 170 valence electrons. The number of hydrogen-bond donors (Lipinski definition) is 0. The summed E-state index contributed by atoms with van der Waals surface area (Å²) in [5.41, 5.74) is 4.00. The molecule has 0 spiro atoms. The third kappa shape index (κ3) is 5.00. The summed E-state index contributed by atoms with van der Waals surface area (Å²) < 4.78 is 22.7. The number of carbonyl (C=O) groups is 1. The first-order valence-electron chi connectivity index (χ1n) is 10.9. The van der Waals surface area contributed by atoms with Gasteiger partial charge in [0.05, 0.1) is 18.3 Å². The van der Waals surface area contributed by atoms with Gasteiger partial charge in [0.1, 0.15) is 11.3 Å². The zero-order valence-corrected chi connectivity index (χ0v) is 19.2. The summed E-state index contributed by atoms with van der Waals surface area (Å²) in [5.74, 6) is 0.478. The fraction of sp³-hybridized carbons (Fsp3) is 0.259. The van der Waals surface area contributed by atoms with Crippen LogP contribution in [0.15, 0.2) is 62.4 Å². The lowest BCUT2D eigenvalue weighted by molar-refractivity contribution is -0.134. The lowest BCUT2D eigenvalue weighted by atomic mass is 10.1. The van der Waals surface area contributed by atoms with E-state index in [1.54, 1.807) is 18.2 Å². The third-order valence-corrected chi connectivity index (χ3v) is 5.23. The molecule has 0 amide bonds. The van der Waals surface area contributed by atoms with Crippen LogP contribution in [-0.2, 0) is 4.79 Å². The highest BCUT2D eigenvalue weighted by Crippen LogP contribution is 2.33. The van der Waals surface area contributed by atoms with Gasteiger partial charge in [-0.2, -0.15) is 0 Å². The summed E-state index contributed by atoms with van der Waals surface area (Å²) in [6.07, 6.45) is 2.00. The third-order valence-electron chi connectivity index (χ3n) is 5.23. The Morgan fingerprint density at radius 1 is 0.970 bits per heavy atom. The van der Waals surface area contributed by atoms with Crippen molar-refractivity contribution in [1.29, 1.82) is 0 Å². The maximum absolute atomic E-state index is 13.3. The van der Waals surface area contributed by atoms with Crippen LogP contribution in [0, 0.1) is 27.7 Å². The Kier molecular flexibility index (Phi) is 6.36. The van der Waals surface area contributed by atoms with Crippen molar-refractivity contribution in [1.82, 2.24) is 0 Å². The van der Waals surface area contributed by atoms with E-state index in [0.29, 0.717) is 29.8 Å². The average Bonchev–Trinajstić information content (AvgIpc) is 3.27. The molecule has 4 aromatic rings. The van der Waals surface area contributed by atoms with Crippen molar-refractivity contribution in [3.05, 3.63) is 81.2 Å². The summed E-state index contributed by atoms with van der Waals surface area (Å²) in [4.78, 5) is 25.8. The van der Waals surface area contributed by atoms with E-state index >= 15 is 0 Å². The summed E-state index contributed by atoms with van der Waals surface area (Å²) in [5, 5.41) is 0.365. The lowest BCUT2D eigenvalue weighted by Gasteiger charge is -2.11. The predicted octanol–water partition coefficient (Wildman–Crippen LogP) is 6.05. The first-order valence-corrected chi connectivity index (χ1v) is 10.9. The van der Waals surface area contributed by atoms with Gasteiger partial charge in [-0.15, -0.1) is 0 Å². The molecule has 2 aromatic carbocycles. The Morgan fingerprint density at radius 3 is 2.39 bits per heavy atom. The highest BCUT2D eigenvalue weighted by Gasteiger charge is 2.23. The van der Waals surface area contributed by atoms with Gasteiger partial charge < -0.3 is 18.3 Å². The number of hydrogen-bond acceptors (Lipinski definition) is 6. The second kappa shape index (κ2) is 9.36. The minimum atomic E-state index is -0.539. The van der Waals surface area contributed by atoms with Gasteiger partial charge in [-0.1, -0.05) is 12.1 Å². The van der Waals surface area contributed by atoms with E-state index in [2.05, 4.69) is 6.07 Å². The molecule has 2 aromatic heterocycles. The molecule has 33 heavy (non-hydrogen) atoms. The summed E-state index contributed by atoms with van der Waals surface area (Å²) >= 11 is 0. The Bertz CT molecular complexity index is 1340. The van der Waals surface area contributed by atoms with Crippen molar-refractivity contribution in [2.45, 2.75) is 40.5 Å². The van der Waals surface area contributed by atoms with Gasteiger partial charge in [-0.05, 0) is 86.7 Å². The van der Waals surface area contributed by atoms with Gasteiger partial charge in [0.15, 0.2) is 5.76 Å². The van der Waals surface area contributed by atoms with Crippen LogP contribution < -0.4 is 14.9 Å². The van der Waals surface area contributed by atoms with Crippen molar-refractivity contribution in [3.63, 3.8) is 0 Å². The van der Waals surface area contributed by atoms with Crippen LogP contribution in [0.1, 0.15) is 35.1 Å². The molecule has 6 nitrogen and oxygen atoms in total. The average molecular weight is 446 g/mol. The van der Waals surface area contributed by atoms with Crippen molar-refractivity contribution in [2.75, 3.05) is 6.61 Å². The molecule has 0 aliphatic carbocycles. The number of esters is 1. The van der Waals surface area contributed by atoms with Crippen LogP contribution in [0.3, 0.4) is 0 Å². The molecule has 2 heterocycles. The Labute approximate surface area is 191 Å². The molecule has 6 heteroatoms. The molecular formula is C27H26O6. The van der Waals surface area contributed by atoms with E-state index in [1.807, 2.05) is 45.9 Å². The molecule has 0 N–H and O–H groups in total. The predicted molar refractivity (Wildman–Crippen MR) is 126 cm³/mol. The largest absolute Gasteiger partial charge is 0.494 e. The van der Waals surface area contributed by atoms with E-state index in [-0.39, 0.29) is 17.9 Å². The minimum Gasteiger partial charge on any atom is -0.494 e. The molecule has 0 saturated heterocycles. The first-order chi connectivity index (χ1) is 15.8. The van der Waals surface area contributed by atoms with Crippen molar-refractivity contribution in [2.24, 2.45) is 0 Å². The number of rotatable bonds is 7. The van der Waals surface area contributed by atoms with Crippen LogP contribution in [-0.4, -0.2) is 12.6 Å². The maximum Gasteiger partial charge on any atom is 0.311 e. The Balaban J connectivity index is 1.53. The zero-order chi connectivity index (χ0) is 23.5. The van der Waals surface area contributed by atoms with Crippen molar-refractivity contribution >= 4 is 16.9 Å². The molecule has 4 rings (SSSR count). The smallest absolute Gasteiger partial charge is 0.311 e. The quantitative estimate of drug-likeness (QED) is 0.254. The summed E-state index contributed by atoms with van der Waals surface area (Å²) in [6, 6.07) is 13.0. The van der Waals surface area contributed by atoms with Gasteiger partial charge >= 0.3 is 5.97 Å². The number of ether oxygens (including phenoxy) is 2. The topological polar surface area (TPSA) is 78.9 Å². The van der Waals surface area contributed by atoms with Gasteiger partial charge in [0.25, 0.3) is 0 Å². The molecule has 0 unspecified atom stereocenters. The van der Waals surface area contributed by atoms with Crippen molar-refractivity contribution < 1.29 is 23.1 Å². The zero-order valence-electron chi connectivity index (χ0n) is 19.2. The SMILES string of the molecule is Cc1cc(C)cc(OCCCC(=O)Oc2c(-c3ccco3)oc3c(C)cc(C)cc3c2=O)c1. The van der Waals surface area contributed by atoms with Gasteiger partial charge in [0.2, 0.25) is 16.9 Å². The number of furan rings is 1. The van der Waals surface area contributed by atoms with E-state index < -0.39 is 11.4 Å². The highest BCUT2D eigenvalue weighted by atomic mass is 16.5. The van der Waals surface area contributed by atoms with E-state index in [9.17, 15) is 9.59 Å². The van der Waals surface area contributed by atoms with Crippen LogP contribution in [0.25, 0.3) is 22.5 Å². The Hall–Kier alpha value is -3.80. The number of carbonyl (C=O) groups excluding carboxylic acids is 1. The highest BCUT2D eigenvalue weighted by molar-refractivity contribution is 5.86. The summed E-state index contributed by atoms with van der Waals surface area (Å²) in [6.45, 7) is 8.13. The number of benzene rings is 2. The maximum atomic E-state index is 13.3. The molecule has 0 fully saturated rings. The monoisotopic (exact) mass is 446 g/mol. The first kappa shape index (κ1) is 22.4. The van der Waals surface area contributed by atoms with Crippen molar-refractivity contribution in [3.8, 4) is 23.0 Å². The fourth-order valence-corrected chi connectivity index (χ4v) is 3.88. The van der Waals surface area contributed by atoms with Crippen LogP contribution in [0.4, 0.5) is 0 Å². The molecule has 0 saturated carbocycles. The minimum absolute atomic E-state index is 0.0900. The molecule has 0 bridgehead atoms. The molecule has 0 aliphatic heterocycles. The molecule has 0 aliphatic rings. The van der Waals surface area contributed by atoms with Gasteiger partial charge in [0, 0.05) is 6.42 Å². The molecule has 0 atom stereocenters. The molecule has 0 radical (unpaired) electrons. The van der Waals surface area contributed by atoms with E-state index in [0.717, 1.165) is 28.0 Å². The number of aryl methyl sites for hydroxylation is 4. The second-order valence-corrected chi connectivity index (χ2v) is 8.27. The second-order valence-electron chi connectivity index (χ2n) is 8.27.